The van der Waals surface area contributed by atoms with Crippen LogP contribution in [0.2, 0.25) is 0 Å². The molecule has 0 saturated heterocycles. The van der Waals surface area contributed by atoms with Gasteiger partial charge in [-0.3, -0.25) is 47.9 Å². The lowest BCUT2D eigenvalue weighted by atomic mass is 10.0. The first kappa shape index (κ1) is 60.9. The summed E-state index contributed by atoms with van der Waals surface area (Å²) < 4.78 is 0. The number of aliphatic carboxylic acids is 2. The largest absolute Gasteiger partial charge is 0.481 e. The molecule has 0 aromatic carbocycles. The summed E-state index contributed by atoms with van der Waals surface area (Å²) in [7, 11) is 0. The number of thiol groups is 1. The second-order valence-corrected chi connectivity index (χ2v) is 16.7. The van der Waals surface area contributed by atoms with Crippen LogP contribution in [0.1, 0.15) is 98.8 Å². The molecule has 0 aliphatic carbocycles. The van der Waals surface area contributed by atoms with Crippen LogP contribution in [0.25, 0.3) is 0 Å². The average Bonchev–Trinajstić information content (AvgIpc) is 3.26. The van der Waals surface area contributed by atoms with Gasteiger partial charge in [-0.05, 0) is 64.7 Å². The molecule has 378 valence electrons. The van der Waals surface area contributed by atoms with Crippen molar-refractivity contribution in [1.82, 2.24) is 42.5 Å². The van der Waals surface area contributed by atoms with E-state index in [-0.39, 0.29) is 43.4 Å². The zero-order valence-electron chi connectivity index (χ0n) is 38.0. The Hall–Kier alpha value is -5.15. The number of carbonyl (C=O) groups excluding carboxylic acids is 8. The molecule has 0 saturated carbocycles. The highest BCUT2D eigenvalue weighted by Gasteiger charge is 2.35. The van der Waals surface area contributed by atoms with Gasteiger partial charge in [-0.1, -0.05) is 27.2 Å². The number of hydrogen-bond donors (Lipinski definition) is 16. The predicted octanol–water partition coefficient (Wildman–Crippen LogP) is -4.75. The maximum atomic E-state index is 13.8. The van der Waals surface area contributed by atoms with Crippen molar-refractivity contribution in [2.45, 2.75) is 159 Å². The topological polar surface area (TPSA) is 414 Å². The van der Waals surface area contributed by atoms with Gasteiger partial charge in [0.15, 0.2) is 0 Å². The van der Waals surface area contributed by atoms with Crippen molar-refractivity contribution >= 4 is 71.8 Å². The van der Waals surface area contributed by atoms with Gasteiger partial charge in [0.05, 0.1) is 32.0 Å². The predicted molar refractivity (Wildman–Crippen MR) is 238 cm³/mol. The van der Waals surface area contributed by atoms with E-state index in [4.69, 9.17) is 15.9 Å². The highest BCUT2D eigenvalue weighted by molar-refractivity contribution is 7.80. The number of nitrogens with two attached hydrogens (primary N) is 1. The Kier molecular flexibility index (Phi) is 30.0. The van der Waals surface area contributed by atoms with Gasteiger partial charge in [0, 0.05) is 24.6 Å². The molecule has 0 spiro atoms. The van der Waals surface area contributed by atoms with Crippen LogP contribution in [-0.2, 0) is 47.9 Å². The van der Waals surface area contributed by atoms with E-state index in [1.165, 1.54) is 13.8 Å². The van der Waals surface area contributed by atoms with Crippen molar-refractivity contribution in [3.05, 3.63) is 0 Å². The zero-order chi connectivity index (χ0) is 50.7. The summed E-state index contributed by atoms with van der Waals surface area (Å²) in [5.41, 5.74) is 5.68. The van der Waals surface area contributed by atoms with Gasteiger partial charge >= 0.3 is 11.9 Å². The highest BCUT2D eigenvalue weighted by Crippen LogP contribution is 2.12. The van der Waals surface area contributed by atoms with Crippen molar-refractivity contribution in [2.75, 3.05) is 26.4 Å². The third-order valence-corrected chi connectivity index (χ3v) is 10.7. The first-order valence-corrected chi connectivity index (χ1v) is 22.2. The Labute approximate surface area is 388 Å². The fourth-order valence-electron chi connectivity index (χ4n) is 5.82. The quantitative estimate of drug-likeness (QED) is 0.0213. The van der Waals surface area contributed by atoms with Crippen LogP contribution in [0.3, 0.4) is 0 Å². The monoisotopic (exact) mass is 965 g/mol. The first-order valence-electron chi connectivity index (χ1n) is 21.7. The van der Waals surface area contributed by atoms with Crippen molar-refractivity contribution in [3.63, 3.8) is 0 Å². The Morgan fingerprint density at radius 1 is 0.545 bits per heavy atom. The molecule has 0 radical (unpaired) electrons. The molecule has 0 aromatic rings. The molecule has 26 heteroatoms. The summed E-state index contributed by atoms with van der Waals surface area (Å²) in [4.78, 5) is 127. The van der Waals surface area contributed by atoms with Crippen LogP contribution in [0.5, 0.6) is 0 Å². The van der Waals surface area contributed by atoms with Gasteiger partial charge in [-0.25, -0.2) is 0 Å². The summed E-state index contributed by atoms with van der Waals surface area (Å²) in [6.45, 7) is 4.46. The lowest BCUT2D eigenvalue weighted by molar-refractivity contribution is -0.142. The molecule has 66 heavy (non-hydrogen) atoms. The summed E-state index contributed by atoms with van der Waals surface area (Å²) in [6.07, 6.45) is 1.37. The molecule has 0 aliphatic heterocycles. The van der Waals surface area contributed by atoms with Crippen LogP contribution in [0.15, 0.2) is 0 Å². The summed E-state index contributed by atoms with van der Waals surface area (Å²) in [5.74, 6) is -11.0. The van der Waals surface area contributed by atoms with Crippen LogP contribution in [-0.4, -0.2) is 176 Å². The Bertz CT molecular complexity index is 1620. The minimum absolute atomic E-state index is 0.166. The lowest BCUT2D eigenvalue weighted by Crippen LogP contribution is -2.62. The molecule has 0 fully saturated rings. The Balaban J connectivity index is 6.20. The van der Waals surface area contributed by atoms with E-state index in [0.717, 1.165) is 33.1 Å². The third kappa shape index (κ3) is 23.9. The van der Waals surface area contributed by atoms with E-state index in [1.807, 2.05) is 6.92 Å². The number of carboxylic acids is 2. The lowest BCUT2D eigenvalue weighted by Gasteiger charge is -2.28. The number of aliphatic hydroxyl groups is 4. The second kappa shape index (κ2) is 32.5. The molecule has 25 nitrogen and oxygen atoms in total. The molecule has 0 bridgehead atoms. The minimum atomic E-state index is -1.83. The van der Waals surface area contributed by atoms with Gasteiger partial charge in [0.25, 0.3) is 0 Å². The van der Waals surface area contributed by atoms with Crippen molar-refractivity contribution < 1.29 is 78.6 Å². The molecule has 0 rings (SSSR count). The highest BCUT2D eigenvalue weighted by atomic mass is 32.1. The molecular formula is C40H71N9O16S. The molecular weight excluding hydrogens is 895 g/mol. The molecule has 0 aliphatic rings. The van der Waals surface area contributed by atoms with E-state index in [1.54, 1.807) is 0 Å². The molecule has 16 N–H and O–H groups in total. The Morgan fingerprint density at radius 2 is 1.00 bits per heavy atom. The summed E-state index contributed by atoms with van der Waals surface area (Å²) in [6, 6.07) is -12.7. The number of carboxylic acid groups (broad SMARTS) is 2. The molecule has 8 amide bonds. The van der Waals surface area contributed by atoms with Crippen LogP contribution in [0.4, 0.5) is 0 Å². The third-order valence-electron chi connectivity index (χ3n) is 10.0. The number of nitrogens with one attached hydrogen (secondary N) is 8. The van der Waals surface area contributed by atoms with Gasteiger partial charge < -0.3 is 78.9 Å². The fraction of sp³-hybridized carbons (Fsp3) is 0.750. The normalized spacial score (nSPS) is 15.7. The van der Waals surface area contributed by atoms with E-state index < -0.39 is 140 Å². The van der Waals surface area contributed by atoms with E-state index in [0.29, 0.717) is 12.8 Å². The van der Waals surface area contributed by atoms with Crippen LogP contribution < -0.4 is 48.3 Å². The van der Waals surface area contributed by atoms with Gasteiger partial charge in [0.1, 0.15) is 42.3 Å². The molecule has 0 heterocycles. The number of rotatable bonds is 34. The second-order valence-electron chi connectivity index (χ2n) is 16.0. The number of unbranched alkanes of at least 4 members (excludes halogenated alkanes) is 2. The smallest absolute Gasteiger partial charge is 0.325 e. The molecule has 10 atom stereocenters. The summed E-state index contributed by atoms with van der Waals surface area (Å²) >= 11 is 4.45. The van der Waals surface area contributed by atoms with E-state index in [2.05, 4.69) is 55.2 Å². The van der Waals surface area contributed by atoms with Gasteiger partial charge in [0.2, 0.25) is 47.3 Å². The zero-order valence-corrected chi connectivity index (χ0v) is 38.9. The van der Waals surface area contributed by atoms with E-state index >= 15 is 0 Å². The summed E-state index contributed by atoms with van der Waals surface area (Å²) in [5, 5.41) is 76.8. The number of carbonyl (C=O) groups is 10. The number of amides is 8. The average molecular weight is 966 g/mol. The Morgan fingerprint density at radius 3 is 1.48 bits per heavy atom. The minimum Gasteiger partial charge on any atom is -0.481 e. The molecule has 0 aromatic heterocycles. The SMILES string of the molecule is CC[C@H](S)CCCCC(=O)NCCCC[C@H](NC(=O)[C@@H](NC(=O)[C@H](CO)NC(=O)[C@@H](N)CCC(=O)O)[C@@H](C)O)C(=O)N[C@@H](CO)C(=O)N[C@H](C(=O)N[C@@H](CO)C(=O)N[C@@H](C)C(=O)O)C(C)C. The maximum absolute atomic E-state index is 13.8. The van der Waals surface area contributed by atoms with Crippen LogP contribution >= 0.6 is 12.6 Å². The van der Waals surface area contributed by atoms with Gasteiger partial charge in [-0.2, -0.15) is 12.6 Å². The van der Waals surface area contributed by atoms with Crippen molar-refractivity contribution in [3.8, 4) is 0 Å². The standard InChI is InChI=1S/C40H71N9O16S/c1-6-23(66)11-7-8-13-29(54)42-16-10-9-12-25(44-39(63)32(22(5)53)49-37(61)27(18-51)45-33(57)24(41)14-15-30(55)56)34(58)46-28(19-52)36(60)48-31(20(2)3)38(62)47-26(17-50)35(59)43-21(4)40(64)65/h20-28,31-32,50-53,66H,6-19,41H2,1-5H3,(H,42,54)(H,43,59)(H,44,63)(H,45,57)(H,46,58)(H,47,62)(H,48,60)(H,49,61)(H,55,56)(H,64,65)/t21-,22+,23-,24-,25-,26-,27-,28-,31-,32-/m0/s1. The van der Waals surface area contributed by atoms with Crippen molar-refractivity contribution in [1.29, 1.82) is 0 Å². The number of aliphatic hydroxyl groups excluding tert-OH is 4. The maximum Gasteiger partial charge on any atom is 0.325 e. The molecule has 0 unspecified atom stereocenters. The van der Waals surface area contributed by atoms with Crippen molar-refractivity contribution in [2.24, 2.45) is 11.7 Å². The number of hydrogen-bond acceptors (Lipinski definition) is 16. The van der Waals surface area contributed by atoms with Crippen LogP contribution in [0, 0.1) is 5.92 Å². The van der Waals surface area contributed by atoms with Gasteiger partial charge in [-0.15, -0.1) is 0 Å². The fourth-order valence-corrected chi connectivity index (χ4v) is 6.00. The van der Waals surface area contributed by atoms with E-state index in [9.17, 15) is 68.4 Å². The first-order chi connectivity index (χ1) is 30.9.